The van der Waals surface area contributed by atoms with Crippen molar-refractivity contribution < 1.29 is 12.8 Å². The molecule has 0 saturated heterocycles. The van der Waals surface area contributed by atoms with Crippen LogP contribution in [0.5, 0.6) is 0 Å². The van der Waals surface area contributed by atoms with Crippen molar-refractivity contribution in [2.75, 3.05) is 13.6 Å². The van der Waals surface area contributed by atoms with Gasteiger partial charge in [-0.15, -0.1) is 0 Å². The third-order valence-corrected chi connectivity index (χ3v) is 5.16. The van der Waals surface area contributed by atoms with Crippen molar-refractivity contribution in [1.29, 1.82) is 0 Å². The lowest BCUT2D eigenvalue weighted by atomic mass is 10.2. The SMILES string of the molecule is CNCc1ccc(F)c(S(=O)(=O)NCCc2ccsc2)c1. The van der Waals surface area contributed by atoms with Gasteiger partial charge in [0.2, 0.25) is 10.0 Å². The molecule has 4 nitrogen and oxygen atoms in total. The average Bonchev–Trinajstić information content (AvgIpc) is 2.94. The van der Waals surface area contributed by atoms with Crippen LogP contribution in [-0.4, -0.2) is 22.0 Å². The molecule has 0 saturated carbocycles. The van der Waals surface area contributed by atoms with Crippen LogP contribution in [0.3, 0.4) is 0 Å². The number of hydrogen-bond donors (Lipinski definition) is 2. The van der Waals surface area contributed by atoms with E-state index in [9.17, 15) is 12.8 Å². The molecule has 0 aliphatic rings. The van der Waals surface area contributed by atoms with Crippen molar-refractivity contribution in [2.24, 2.45) is 0 Å². The van der Waals surface area contributed by atoms with Gasteiger partial charge >= 0.3 is 0 Å². The molecule has 1 aromatic heterocycles. The molecule has 0 amide bonds. The molecule has 0 unspecified atom stereocenters. The summed E-state index contributed by atoms with van der Waals surface area (Å²) in [5.41, 5.74) is 1.78. The van der Waals surface area contributed by atoms with Crippen LogP contribution in [0, 0.1) is 5.82 Å². The largest absolute Gasteiger partial charge is 0.316 e. The number of halogens is 1. The Morgan fingerprint density at radius 3 is 2.71 bits per heavy atom. The second-order valence-electron chi connectivity index (χ2n) is 4.57. The molecule has 114 valence electrons. The Kier molecular flexibility index (Phi) is 5.46. The van der Waals surface area contributed by atoms with Gasteiger partial charge in [-0.25, -0.2) is 17.5 Å². The lowest BCUT2D eigenvalue weighted by Crippen LogP contribution is -2.27. The highest BCUT2D eigenvalue weighted by molar-refractivity contribution is 7.89. The van der Waals surface area contributed by atoms with Crippen LogP contribution in [-0.2, 0) is 23.0 Å². The van der Waals surface area contributed by atoms with Gasteiger partial charge in [0.15, 0.2) is 0 Å². The molecule has 21 heavy (non-hydrogen) atoms. The Balaban J connectivity index is 2.09. The molecule has 2 rings (SSSR count). The monoisotopic (exact) mass is 328 g/mol. The molecule has 0 atom stereocenters. The third-order valence-electron chi connectivity index (χ3n) is 2.95. The summed E-state index contributed by atoms with van der Waals surface area (Å²) >= 11 is 1.56. The van der Waals surface area contributed by atoms with Crippen LogP contribution in [0.4, 0.5) is 4.39 Å². The van der Waals surface area contributed by atoms with Crippen LogP contribution in [0.1, 0.15) is 11.1 Å². The molecule has 2 aromatic rings. The van der Waals surface area contributed by atoms with Gasteiger partial charge in [-0.3, -0.25) is 0 Å². The van der Waals surface area contributed by atoms with Crippen LogP contribution in [0.15, 0.2) is 39.9 Å². The zero-order valence-electron chi connectivity index (χ0n) is 11.6. The lowest BCUT2D eigenvalue weighted by molar-refractivity contribution is 0.556. The molecule has 7 heteroatoms. The number of nitrogens with one attached hydrogen (secondary N) is 2. The first-order chi connectivity index (χ1) is 10.0. The van der Waals surface area contributed by atoms with Crippen molar-refractivity contribution in [1.82, 2.24) is 10.0 Å². The maximum Gasteiger partial charge on any atom is 0.243 e. The fourth-order valence-corrected chi connectivity index (χ4v) is 3.77. The van der Waals surface area contributed by atoms with Crippen molar-refractivity contribution >= 4 is 21.4 Å². The van der Waals surface area contributed by atoms with Gasteiger partial charge in [-0.05, 0) is 53.6 Å². The number of rotatable bonds is 7. The van der Waals surface area contributed by atoms with E-state index in [2.05, 4.69) is 10.0 Å². The van der Waals surface area contributed by atoms with Crippen molar-refractivity contribution in [3.8, 4) is 0 Å². The van der Waals surface area contributed by atoms with E-state index in [0.717, 1.165) is 11.1 Å². The first-order valence-corrected chi connectivity index (χ1v) is 8.89. The molecule has 0 aliphatic carbocycles. The quantitative estimate of drug-likeness (QED) is 0.818. The summed E-state index contributed by atoms with van der Waals surface area (Å²) in [6.45, 7) is 0.729. The summed E-state index contributed by atoms with van der Waals surface area (Å²) in [7, 11) is -2.09. The van der Waals surface area contributed by atoms with Crippen molar-refractivity contribution in [3.05, 3.63) is 52.0 Å². The van der Waals surface area contributed by atoms with Crippen molar-refractivity contribution in [2.45, 2.75) is 17.9 Å². The Bertz CT molecular complexity index is 685. The van der Waals surface area contributed by atoms with Gasteiger partial charge in [0.1, 0.15) is 10.7 Å². The predicted molar refractivity (Wildman–Crippen MR) is 82.4 cm³/mol. The van der Waals surface area contributed by atoms with Crippen LogP contribution < -0.4 is 10.0 Å². The minimum atomic E-state index is -3.83. The van der Waals surface area contributed by atoms with Gasteiger partial charge in [0.05, 0.1) is 0 Å². The van der Waals surface area contributed by atoms with E-state index in [1.807, 2.05) is 16.8 Å². The number of hydrogen-bond acceptors (Lipinski definition) is 4. The zero-order chi connectivity index (χ0) is 15.3. The van der Waals surface area contributed by atoms with E-state index >= 15 is 0 Å². The molecule has 0 aliphatic heterocycles. The highest BCUT2D eigenvalue weighted by Gasteiger charge is 2.19. The predicted octanol–water partition coefficient (Wildman–Crippen LogP) is 2.13. The average molecular weight is 328 g/mol. The van der Waals surface area contributed by atoms with Gasteiger partial charge in [0, 0.05) is 13.1 Å². The van der Waals surface area contributed by atoms with Crippen LogP contribution in [0.2, 0.25) is 0 Å². The van der Waals surface area contributed by atoms with Crippen molar-refractivity contribution in [3.63, 3.8) is 0 Å². The van der Waals surface area contributed by atoms with E-state index in [1.165, 1.54) is 12.1 Å². The lowest BCUT2D eigenvalue weighted by Gasteiger charge is -2.09. The second-order valence-corrected chi connectivity index (χ2v) is 7.09. The first kappa shape index (κ1) is 16.1. The summed E-state index contributed by atoms with van der Waals surface area (Å²) in [5, 5.41) is 6.80. The van der Waals surface area contributed by atoms with E-state index in [-0.39, 0.29) is 11.4 Å². The second kappa shape index (κ2) is 7.13. The topological polar surface area (TPSA) is 58.2 Å². The molecular weight excluding hydrogens is 311 g/mol. The summed E-state index contributed by atoms with van der Waals surface area (Å²) in [4.78, 5) is -0.305. The maximum absolute atomic E-state index is 13.8. The molecule has 1 heterocycles. The van der Waals surface area contributed by atoms with E-state index < -0.39 is 15.8 Å². The summed E-state index contributed by atoms with van der Waals surface area (Å²) in [6, 6.07) is 6.04. The minimum Gasteiger partial charge on any atom is -0.316 e. The molecule has 0 bridgehead atoms. The van der Waals surface area contributed by atoms with E-state index in [4.69, 9.17) is 0 Å². The smallest absolute Gasteiger partial charge is 0.243 e. The Hall–Kier alpha value is -1.28. The van der Waals surface area contributed by atoms with Gasteiger partial charge in [0.25, 0.3) is 0 Å². The normalized spacial score (nSPS) is 11.7. The van der Waals surface area contributed by atoms with Crippen LogP contribution >= 0.6 is 11.3 Å². The fraction of sp³-hybridized carbons (Fsp3) is 0.286. The first-order valence-electron chi connectivity index (χ1n) is 6.46. The summed E-state index contributed by atoms with van der Waals surface area (Å²) < 4.78 is 40.5. The molecular formula is C14H17FN2O2S2. The number of benzene rings is 1. The zero-order valence-corrected chi connectivity index (χ0v) is 13.2. The number of sulfonamides is 1. The Morgan fingerprint density at radius 2 is 2.05 bits per heavy atom. The van der Waals surface area contributed by atoms with Gasteiger partial charge in [-0.2, -0.15) is 11.3 Å². The molecule has 1 aromatic carbocycles. The number of thiophene rings is 1. The Labute approximate surface area is 128 Å². The maximum atomic E-state index is 13.8. The van der Waals surface area contributed by atoms with Crippen LogP contribution in [0.25, 0.3) is 0 Å². The Morgan fingerprint density at radius 1 is 1.24 bits per heavy atom. The molecule has 0 radical (unpaired) electrons. The summed E-state index contributed by atoms with van der Waals surface area (Å²) in [5.74, 6) is -0.738. The standard InChI is InChI=1S/C14H17FN2O2S2/c1-16-9-12-2-3-13(15)14(8-12)21(18,19)17-6-4-11-5-7-20-10-11/h2-3,5,7-8,10,16-17H,4,6,9H2,1H3. The summed E-state index contributed by atoms with van der Waals surface area (Å²) in [6.07, 6.45) is 0.584. The molecule has 0 fully saturated rings. The van der Waals surface area contributed by atoms with E-state index in [1.54, 1.807) is 24.5 Å². The van der Waals surface area contributed by atoms with Gasteiger partial charge < -0.3 is 5.32 Å². The highest BCUT2D eigenvalue weighted by Crippen LogP contribution is 2.16. The minimum absolute atomic E-state index is 0.245. The molecule has 0 spiro atoms. The van der Waals surface area contributed by atoms with E-state index in [0.29, 0.717) is 13.0 Å². The highest BCUT2D eigenvalue weighted by atomic mass is 32.2. The molecule has 2 N–H and O–H groups in total. The third kappa shape index (κ3) is 4.34. The fourth-order valence-electron chi connectivity index (χ4n) is 1.91. The van der Waals surface area contributed by atoms with Gasteiger partial charge in [-0.1, -0.05) is 6.07 Å².